The van der Waals surface area contributed by atoms with Gasteiger partial charge in [0.1, 0.15) is 0 Å². The SMILES string of the molecule is CNC(=O)NC(=O)CNc1cc(S(=O)(=O)N(C)C)cc(C)c1C. The van der Waals surface area contributed by atoms with Crippen LogP contribution in [0.25, 0.3) is 0 Å². The normalized spacial score (nSPS) is 11.2. The van der Waals surface area contributed by atoms with Crippen LogP contribution >= 0.6 is 0 Å². The van der Waals surface area contributed by atoms with Gasteiger partial charge in [0.2, 0.25) is 15.9 Å². The average molecular weight is 342 g/mol. The zero-order chi connectivity index (χ0) is 17.8. The molecule has 0 unspecified atom stereocenters. The highest BCUT2D eigenvalue weighted by Gasteiger charge is 2.19. The lowest BCUT2D eigenvalue weighted by Crippen LogP contribution is -2.40. The standard InChI is InChI=1S/C14H22N4O4S/c1-9-6-11(23(21,22)18(4)5)7-12(10(9)2)16-8-13(19)17-14(20)15-3/h6-7,16H,8H2,1-5H3,(H2,15,17,19,20). The fraction of sp³-hybridized carbons (Fsp3) is 0.429. The molecule has 0 radical (unpaired) electrons. The molecular formula is C14H22N4O4S. The van der Waals surface area contributed by atoms with Crippen LogP contribution in [0.15, 0.2) is 17.0 Å². The van der Waals surface area contributed by atoms with Gasteiger partial charge >= 0.3 is 6.03 Å². The predicted octanol–water partition coefficient (Wildman–Crippen LogP) is 0.421. The molecule has 0 aliphatic rings. The molecule has 0 aliphatic heterocycles. The van der Waals surface area contributed by atoms with Crippen LogP contribution in [-0.4, -0.2) is 52.3 Å². The lowest BCUT2D eigenvalue weighted by molar-refractivity contribution is -0.118. The fourth-order valence-corrected chi connectivity index (χ4v) is 2.79. The second-order valence-electron chi connectivity index (χ2n) is 5.18. The van der Waals surface area contributed by atoms with E-state index in [4.69, 9.17) is 0 Å². The number of hydrogen-bond acceptors (Lipinski definition) is 5. The van der Waals surface area contributed by atoms with Crippen molar-refractivity contribution in [2.24, 2.45) is 0 Å². The first kappa shape index (κ1) is 18.9. The largest absolute Gasteiger partial charge is 0.376 e. The maximum absolute atomic E-state index is 12.2. The van der Waals surface area contributed by atoms with Gasteiger partial charge in [-0.2, -0.15) is 0 Å². The summed E-state index contributed by atoms with van der Waals surface area (Å²) in [7, 11) is 0.736. The van der Waals surface area contributed by atoms with E-state index in [9.17, 15) is 18.0 Å². The van der Waals surface area contributed by atoms with Gasteiger partial charge in [0.05, 0.1) is 11.4 Å². The first-order valence-electron chi connectivity index (χ1n) is 6.88. The fourth-order valence-electron chi connectivity index (χ4n) is 1.78. The minimum atomic E-state index is -3.57. The number of nitrogens with zero attached hydrogens (tertiary/aromatic N) is 1. The van der Waals surface area contributed by atoms with Crippen molar-refractivity contribution in [1.29, 1.82) is 0 Å². The summed E-state index contributed by atoms with van der Waals surface area (Å²) < 4.78 is 25.6. The molecule has 0 aromatic heterocycles. The number of imide groups is 1. The van der Waals surface area contributed by atoms with Gasteiger partial charge in [0.15, 0.2) is 0 Å². The summed E-state index contributed by atoms with van der Waals surface area (Å²) in [6.45, 7) is 3.46. The molecule has 9 heteroatoms. The van der Waals surface area contributed by atoms with Crippen molar-refractivity contribution in [3.63, 3.8) is 0 Å². The maximum atomic E-state index is 12.2. The number of urea groups is 1. The zero-order valence-corrected chi connectivity index (χ0v) is 14.7. The molecule has 0 atom stereocenters. The second-order valence-corrected chi connectivity index (χ2v) is 7.33. The third-order valence-electron chi connectivity index (χ3n) is 3.34. The molecule has 0 saturated heterocycles. The third kappa shape index (κ3) is 4.67. The van der Waals surface area contributed by atoms with Gasteiger partial charge in [0, 0.05) is 26.8 Å². The molecule has 8 nitrogen and oxygen atoms in total. The monoisotopic (exact) mass is 342 g/mol. The Kier molecular flexibility index (Phi) is 6.11. The number of sulfonamides is 1. The molecule has 1 rings (SSSR count). The smallest absolute Gasteiger partial charge is 0.321 e. The van der Waals surface area contributed by atoms with Crippen LogP contribution in [0.1, 0.15) is 11.1 Å². The number of hydrogen-bond donors (Lipinski definition) is 3. The van der Waals surface area contributed by atoms with E-state index in [2.05, 4.69) is 16.0 Å². The zero-order valence-electron chi connectivity index (χ0n) is 13.9. The molecule has 23 heavy (non-hydrogen) atoms. The highest BCUT2D eigenvalue weighted by atomic mass is 32.2. The summed E-state index contributed by atoms with van der Waals surface area (Å²) in [6, 6.07) is 2.46. The van der Waals surface area contributed by atoms with Crippen LogP contribution < -0.4 is 16.0 Å². The molecular weight excluding hydrogens is 320 g/mol. The minimum Gasteiger partial charge on any atom is -0.376 e. The average Bonchev–Trinajstić information content (AvgIpc) is 2.47. The number of rotatable bonds is 5. The van der Waals surface area contributed by atoms with E-state index >= 15 is 0 Å². The van der Waals surface area contributed by atoms with Crippen molar-refractivity contribution < 1.29 is 18.0 Å². The Morgan fingerprint density at radius 2 is 1.78 bits per heavy atom. The van der Waals surface area contributed by atoms with Crippen LogP contribution in [0.4, 0.5) is 10.5 Å². The predicted molar refractivity (Wildman–Crippen MR) is 87.9 cm³/mol. The van der Waals surface area contributed by atoms with Crippen molar-refractivity contribution in [2.45, 2.75) is 18.7 Å². The Hall–Kier alpha value is -2.13. The Labute approximate surface area is 136 Å². The van der Waals surface area contributed by atoms with Crippen LogP contribution in [0.2, 0.25) is 0 Å². The molecule has 0 heterocycles. The summed E-state index contributed by atoms with van der Waals surface area (Å²) in [5.41, 5.74) is 2.13. The lowest BCUT2D eigenvalue weighted by Gasteiger charge is -2.16. The van der Waals surface area contributed by atoms with Crippen LogP contribution in [-0.2, 0) is 14.8 Å². The van der Waals surface area contributed by atoms with E-state index in [0.717, 1.165) is 15.4 Å². The maximum Gasteiger partial charge on any atom is 0.321 e. The molecule has 0 spiro atoms. The van der Waals surface area contributed by atoms with Crippen LogP contribution in [0, 0.1) is 13.8 Å². The van der Waals surface area contributed by atoms with Gasteiger partial charge in [-0.3, -0.25) is 10.1 Å². The molecule has 128 valence electrons. The van der Waals surface area contributed by atoms with Crippen molar-refractivity contribution >= 4 is 27.6 Å². The molecule has 0 fully saturated rings. The van der Waals surface area contributed by atoms with Gasteiger partial charge in [0.25, 0.3) is 0 Å². The molecule has 0 bridgehead atoms. The molecule has 3 N–H and O–H groups in total. The Balaban J connectivity index is 3.02. The Morgan fingerprint density at radius 3 is 2.30 bits per heavy atom. The summed E-state index contributed by atoms with van der Waals surface area (Å²) in [4.78, 5) is 22.8. The summed E-state index contributed by atoms with van der Waals surface area (Å²) in [5, 5.41) is 7.25. The third-order valence-corrected chi connectivity index (χ3v) is 5.13. The summed E-state index contributed by atoms with van der Waals surface area (Å²) in [6.07, 6.45) is 0. The van der Waals surface area contributed by atoms with Gasteiger partial charge < -0.3 is 10.6 Å². The molecule has 0 saturated carbocycles. The van der Waals surface area contributed by atoms with Crippen molar-refractivity contribution in [3.8, 4) is 0 Å². The Morgan fingerprint density at radius 1 is 1.17 bits per heavy atom. The van der Waals surface area contributed by atoms with Crippen LogP contribution in [0.3, 0.4) is 0 Å². The van der Waals surface area contributed by atoms with E-state index < -0.39 is 22.0 Å². The van der Waals surface area contributed by atoms with Crippen LogP contribution in [0.5, 0.6) is 0 Å². The first-order valence-corrected chi connectivity index (χ1v) is 8.32. The number of anilines is 1. The van der Waals surface area contributed by atoms with E-state index in [0.29, 0.717) is 5.69 Å². The van der Waals surface area contributed by atoms with Gasteiger partial charge in [-0.15, -0.1) is 0 Å². The molecule has 0 aliphatic carbocycles. The molecule has 1 aromatic carbocycles. The van der Waals surface area contributed by atoms with Gasteiger partial charge in [-0.1, -0.05) is 0 Å². The Bertz CT molecular complexity index is 714. The topological polar surface area (TPSA) is 108 Å². The lowest BCUT2D eigenvalue weighted by atomic mass is 10.1. The summed E-state index contributed by atoms with van der Waals surface area (Å²) in [5.74, 6) is -0.526. The highest BCUT2D eigenvalue weighted by Crippen LogP contribution is 2.25. The highest BCUT2D eigenvalue weighted by molar-refractivity contribution is 7.89. The first-order chi connectivity index (χ1) is 10.6. The van der Waals surface area contributed by atoms with E-state index in [1.165, 1.54) is 27.2 Å². The van der Waals surface area contributed by atoms with Crippen molar-refractivity contribution in [1.82, 2.24) is 14.9 Å². The van der Waals surface area contributed by atoms with Gasteiger partial charge in [-0.25, -0.2) is 17.5 Å². The molecule has 1 aromatic rings. The number of carbonyl (C=O) groups is 2. The van der Waals surface area contributed by atoms with Crippen molar-refractivity contribution in [2.75, 3.05) is 33.0 Å². The van der Waals surface area contributed by atoms with Crippen molar-refractivity contribution in [3.05, 3.63) is 23.3 Å². The van der Waals surface area contributed by atoms with E-state index in [1.807, 2.05) is 6.92 Å². The van der Waals surface area contributed by atoms with Gasteiger partial charge in [-0.05, 0) is 37.1 Å². The van der Waals surface area contributed by atoms with E-state index in [-0.39, 0.29) is 11.4 Å². The second kappa shape index (κ2) is 7.42. The minimum absolute atomic E-state index is 0.139. The number of amides is 3. The number of benzene rings is 1. The number of nitrogens with one attached hydrogen (secondary N) is 3. The number of carbonyl (C=O) groups excluding carboxylic acids is 2. The quantitative estimate of drug-likeness (QED) is 0.719. The summed E-state index contributed by atoms with van der Waals surface area (Å²) >= 11 is 0. The van der Waals surface area contributed by atoms with E-state index in [1.54, 1.807) is 13.0 Å². The molecule has 3 amide bonds. The number of aryl methyl sites for hydroxylation is 1.